The van der Waals surface area contributed by atoms with Gasteiger partial charge in [0.05, 0.1) is 5.41 Å². The van der Waals surface area contributed by atoms with Crippen molar-refractivity contribution in [2.45, 2.75) is 77.7 Å². The maximum atomic E-state index is 13.1. The third kappa shape index (κ3) is 7.08. The number of unbranched alkanes of at least 4 members (excludes halogenated alkanes) is 1. The number of nitrogens with two attached hydrogens (primary N) is 1. The van der Waals surface area contributed by atoms with Crippen molar-refractivity contribution in [1.82, 2.24) is 10.2 Å². The molecule has 0 aromatic heterocycles. The van der Waals surface area contributed by atoms with E-state index >= 15 is 0 Å². The molecule has 0 radical (unpaired) electrons. The van der Waals surface area contributed by atoms with E-state index in [-0.39, 0.29) is 5.91 Å². The van der Waals surface area contributed by atoms with Crippen molar-refractivity contribution in [1.29, 1.82) is 0 Å². The molecule has 1 fully saturated rings. The lowest BCUT2D eigenvalue weighted by Crippen LogP contribution is -2.42. The summed E-state index contributed by atoms with van der Waals surface area (Å²) in [6.45, 7) is 15.9. The Balaban J connectivity index is 0.00000216. The number of nitrogens with one attached hydrogen (secondary N) is 1. The molecule has 4 heteroatoms. The molecule has 0 unspecified atom stereocenters. The SMILES string of the molecule is C=C(NC1CCN(CCCCC2(C(N)=O)c3ccccc3-c3ccccc32)CC1)c1ccccc1/C(C)=C/C=C\CC.CC. The quantitative estimate of drug-likeness (QED) is 0.164. The van der Waals surface area contributed by atoms with Crippen molar-refractivity contribution in [2.75, 3.05) is 19.6 Å². The van der Waals surface area contributed by atoms with Gasteiger partial charge in [-0.15, -0.1) is 0 Å². The van der Waals surface area contributed by atoms with Gasteiger partial charge >= 0.3 is 0 Å². The maximum absolute atomic E-state index is 13.1. The number of fused-ring (bicyclic) bond motifs is 3. The number of hydrogen-bond donors (Lipinski definition) is 2. The number of nitrogens with zero attached hydrogens (tertiary/aromatic N) is 1. The van der Waals surface area contributed by atoms with Gasteiger partial charge in [-0.25, -0.2) is 0 Å². The number of carbonyl (C=O) groups is 1. The maximum Gasteiger partial charge on any atom is 0.232 e. The zero-order valence-electron chi connectivity index (χ0n) is 27.2. The van der Waals surface area contributed by atoms with Crippen LogP contribution in [0.4, 0.5) is 0 Å². The van der Waals surface area contributed by atoms with Crippen LogP contribution in [0.1, 0.15) is 88.5 Å². The van der Waals surface area contributed by atoms with Gasteiger partial charge in [0.25, 0.3) is 0 Å². The predicted molar refractivity (Wildman–Crippen MR) is 188 cm³/mol. The van der Waals surface area contributed by atoms with Crippen LogP contribution in [0, 0.1) is 0 Å². The summed E-state index contributed by atoms with van der Waals surface area (Å²) < 4.78 is 0. The first-order valence-electron chi connectivity index (χ1n) is 16.6. The van der Waals surface area contributed by atoms with Crippen LogP contribution in [0.15, 0.2) is 97.6 Å². The zero-order chi connectivity index (χ0) is 31.5. The molecule has 5 rings (SSSR count). The molecule has 232 valence electrons. The first-order chi connectivity index (χ1) is 21.5. The average Bonchev–Trinajstić information content (AvgIpc) is 3.35. The van der Waals surface area contributed by atoms with Crippen LogP contribution in [0.2, 0.25) is 0 Å². The van der Waals surface area contributed by atoms with Gasteiger partial charge in [-0.05, 0) is 79.0 Å². The third-order valence-corrected chi connectivity index (χ3v) is 9.12. The topological polar surface area (TPSA) is 58.4 Å². The van der Waals surface area contributed by atoms with Crippen molar-refractivity contribution in [2.24, 2.45) is 5.73 Å². The highest BCUT2D eigenvalue weighted by Gasteiger charge is 2.47. The molecule has 1 amide bonds. The Bertz CT molecular complexity index is 1430. The van der Waals surface area contributed by atoms with Gasteiger partial charge in [0.1, 0.15) is 0 Å². The molecule has 0 atom stereocenters. The first-order valence-corrected chi connectivity index (χ1v) is 16.6. The number of allylic oxidation sites excluding steroid dienone is 4. The molecule has 44 heavy (non-hydrogen) atoms. The minimum atomic E-state index is -0.736. The van der Waals surface area contributed by atoms with Gasteiger partial charge in [-0.3, -0.25) is 4.79 Å². The lowest BCUT2D eigenvalue weighted by molar-refractivity contribution is -0.122. The Morgan fingerprint density at radius 3 is 2.09 bits per heavy atom. The largest absolute Gasteiger partial charge is 0.382 e. The lowest BCUT2D eigenvalue weighted by atomic mass is 9.73. The summed E-state index contributed by atoms with van der Waals surface area (Å²) >= 11 is 0. The number of carbonyl (C=O) groups excluding carboxylic acids is 1. The van der Waals surface area contributed by atoms with E-state index in [1.54, 1.807) is 0 Å². The molecule has 4 nitrogen and oxygen atoms in total. The molecule has 2 aliphatic rings. The Hall–Kier alpha value is -3.89. The van der Waals surface area contributed by atoms with Gasteiger partial charge in [0.15, 0.2) is 0 Å². The second-order valence-corrected chi connectivity index (χ2v) is 11.8. The number of hydrogen-bond acceptors (Lipinski definition) is 3. The van der Waals surface area contributed by atoms with Gasteiger partial charge in [-0.1, -0.05) is 125 Å². The Labute approximate surface area is 265 Å². The van der Waals surface area contributed by atoms with E-state index in [0.29, 0.717) is 6.04 Å². The van der Waals surface area contributed by atoms with Crippen LogP contribution < -0.4 is 11.1 Å². The van der Waals surface area contributed by atoms with E-state index in [1.165, 1.54) is 16.7 Å². The lowest BCUT2D eigenvalue weighted by Gasteiger charge is -2.34. The summed E-state index contributed by atoms with van der Waals surface area (Å²) in [6.07, 6.45) is 12.5. The first kappa shape index (κ1) is 33.0. The minimum Gasteiger partial charge on any atom is -0.382 e. The molecule has 0 bridgehead atoms. The van der Waals surface area contributed by atoms with Gasteiger partial charge in [0, 0.05) is 30.4 Å². The fraction of sp³-hybridized carbons (Fsp3) is 0.375. The van der Waals surface area contributed by atoms with Gasteiger partial charge in [0.2, 0.25) is 5.91 Å². The minimum absolute atomic E-state index is 0.239. The molecule has 1 aliphatic heterocycles. The van der Waals surface area contributed by atoms with Crippen LogP contribution in [0.3, 0.4) is 0 Å². The highest BCUT2D eigenvalue weighted by Crippen LogP contribution is 2.51. The number of primary amides is 1. The van der Waals surface area contributed by atoms with Crippen molar-refractivity contribution < 1.29 is 4.79 Å². The summed E-state index contributed by atoms with van der Waals surface area (Å²) in [6, 6.07) is 25.5. The van der Waals surface area contributed by atoms with E-state index in [1.807, 2.05) is 38.1 Å². The van der Waals surface area contributed by atoms with Crippen molar-refractivity contribution in [3.8, 4) is 11.1 Å². The highest BCUT2D eigenvalue weighted by molar-refractivity contribution is 5.99. The second kappa shape index (κ2) is 15.7. The van der Waals surface area contributed by atoms with Crippen LogP contribution in [0.5, 0.6) is 0 Å². The van der Waals surface area contributed by atoms with E-state index in [2.05, 4.69) is 97.4 Å². The van der Waals surface area contributed by atoms with E-state index < -0.39 is 5.41 Å². The summed E-state index contributed by atoms with van der Waals surface area (Å²) in [7, 11) is 0. The monoisotopic (exact) mass is 589 g/mol. The fourth-order valence-corrected chi connectivity index (χ4v) is 6.86. The molecule has 0 saturated carbocycles. The molecule has 0 spiro atoms. The normalized spacial score (nSPS) is 16.1. The number of amides is 1. The Kier molecular flexibility index (Phi) is 11.8. The van der Waals surface area contributed by atoms with Crippen molar-refractivity contribution >= 4 is 17.2 Å². The second-order valence-electron chi connectivity index (χ2n) is 11.8. The standard InChI is InChI=1S/C38H45N3O.C2H6/c1-4-5-6-15-28(2)31-16-7-8-17-32(31)29(3)40-30-22-26-41(27-23-30)25-14-13-24-38(37(39)42)35-20-11-9-18-33(35)34-19-10-12-21-36(34)38;1-2/h5-12,15-21,30,40H,3-4,13-14,22-27H2,1-2H3,(H2,39,42);1-2H3/b6-5-,28-15+;. The molecular weight excluding hydrogens is 538 g/mol. The summed E-state index contributed by atoms with van der Waals surface area (Å²) in [5.74, 6) is -0.239. The van der Waals surface area contributed by atoms with Crippen LogP contribution in [0.25, 0.3) is 22.4 Å². The molecule has 3 N–H and O–H groups in total. The molecule has 3 aromatic rings. The number of benzene rings is 3. The number of piperidine rings is 1. The average molecular weight is 590 g/mol. The molecular formula is C40H51N3O. The summed E-state index contributed by atoms with van der Waals surface area (Å²) in [5, 5.41) is 3.74. The van der Waals surface area contributed by atoms with Crippen LogP contribution in [-0.2, 0) is 10.2 Å². The Morgan fingerprint density at radius 1 is 0.932 bits per heavy atom. The highest BCUT2D eigenvalue weighted by atomic mass is 16.1. The van der Waals surface area contributed by atoms with E-state index in [4.69, 9.17) is 5.73 Å². The molecule has 1 heterocycles. The number of likely N-dealkylation sites (tertiary alicyclic amines) is 1. The zero-order valence-corrected chi connectivity index (χ0v) is 27.2. The molecule has 1 saturated heterocycles. The van der Waals surface area contributed by atoms with Crippen LogP contribution >= 0.6 is 0 Å². The fourth-order valence-electron chi connectivity index (χ4n) is 6.86. The third-order valence-electron chi connectivity index (χ3n) is 9.12. The Morgan fingerprint density at radius 2 is 1.50 bits per heavy atom. The molecule has 1 aliphatic carbocycles. The molecule has 3 aromatic carbocycles. The van der Waals surface area contributed by atoms with Crippen molar-refractivity contribution in [3.05, 3.63) is 120 Å². The van der Waals surface area contributed by atoms with Gasteiger partial charge < -0.3 is 16.0 Å². The smallest absolute Gasteiger partial charge is 0.232 e. The summed E-state index contributed by atoms with van der Waals surface area (Å²) in [4.78, 5) is 15.6. The van der Waals surface area contributed by atoms with E-state index in [9.17, 15) is 4.79 Å². The number of rotatable bonds is 12. The van der Waals surface area contributed by atoms with Crippen molar-refractivity contribution in [3.63, 3.8) is 0 Å². The predicted octanol–water partition coefficient (Wildman–Crippen LogP) is 8.73. The van der Waals surface area contributed by atoms with E-state index in [0.717, 1.165) is 86.1 Å². The van der Waals surface area contributed by atoms with Crippen LogP contribution in [-0.4, -0.2) is 36.5 Å². The summed E-state index contributed by atoms with van der Waals surface area (Å²) in [5.41, 5.74) is 14.5. The van der Waals surface area contributed by atoms with Gasteiger partial charge in [-0.2, -0.15) is 0 Å².